The quantitative estimate of drug-likeness (QED) is 0.784. The topological polar surface area (TPSA) is 76.6 Å². The number of hydrogen-bond acceptors (Lipinski definition) is 5. The molecule has 0 aliphatic carbocycles. The number of benzene rings is 1. The van der Waals surface area contributed by atoms with Crippen molar-refractivity contribution in [1.29, 1.82) is 0 Å². The Balaban J connectivity index is 2.06. The largest absolute Gasteiger partial charge is 0.457 e. The Morgan fingerprint density at radius 3 is 2.41 bits per heavy atom. The number of carbonyl (C=O) groups excluding carboxylic acids is 1. The van der Waals surface area contributed by atoms with Crippen molar-refractivity contribution in [2.24, 2.45) is 0 Å². The average molecular weight is 320 g/mol. The maximum atomic E-state index is 11.9. The summed E-state index contributed by atoms with van der Waals surface area (Å²) in [6.45, 7) is 0.115. The first-order valence-electron chi connectivity index (χ1n) is 6.50. The lowest BCUT2D eigenvalue weighted by Gasteiger charge is -2.11. The van der Waals surface area contributed by atoms with Crippen LogP contribution in [0.5, 0.6) is 0 Å². The van der Waals surface area contributed by atoms with Crippen LogP contribution in [0.3, 0.4) is 0 Å². The number of rotatable bonds is 5. The van der Waals surface area contributed by atoms with Crippen molar-refractivity contribution >= 4 is 16.0 Å². The van der Waals surface area contributed by atoms with E-state index >= 15 is 0 Å². The van der Waals surface area contributed by atoms with Gasteiger partial charge in [-0.15, -0.1) is 0 Å². The second-order valence-electron chi connectivity index (χ2n) is 4.75. The Bertz CT molecular complexity index is 741. The average Bonchev–Trinajstić information content (AvgIpc) is 2.53. The van der Waals surface area contributed by atoms with Crippen molar-refractivity contribution in [1.82, 2.24) is 9.29 Å². The first-order chi connectivity index (χ1) is 10.4. The zero-order valence-corrected chi connectivity index (χ0v) is 13.1. The number of nitrogens with zero attached hydrogens (tertiary/aromatic N) is 2. The lowest BCUT2D eigenvalue weighted by atomic mass is 10.2. The van der Waals surface area contributed by atoms with E-state index in [9.17, 15) is 13.2 Å². The van der Waals surface area contributed by atoms with E-state index in [-0.39, 0.29) is 11.5 Å². The minimum Gasteiger partial charge on any atom is -0.457 e. The summed E-state index contributed by atoms with van der Waals surface area (Å²) in [7, 11) is -0.602. The zero-order valence-electron chi connectivity index (χ0n) is 12.3. The van der Waals surface area contributed by atoms with Gasteiger partial charge in [-0.2, -0.15) is 0 Å². The number of pyridine rings is 1. The van der Waals surface area contributed by atoms with E-state index in [0.29, 0.717) is 5.56 Å². The van der Waals surface area contributed by atoms with Crippen molar-refractivity contribution in [2.75, 3.05) is 14.1 Å². The summed E-state index contributed by atoms with van der Waals surface area (Å²) in [5.41, 5.74) is 1.07. The molecule has 22 heavy (non-hydrogen) atoms. The Kier molecular flexibility index (Phi) is 4.89. The van der Waals surface area contributed by atoms with Gasteiger partial charge >= 0.3 is 5.97 Å². The highest BCUT2D eigenvalue weighted by molar-refractivity contribution is 7.89. The third-order valence-electron chi connectivity index (χ3n) is 2.96. The summed E-state index contributed by atoms with van der Waals surface area (Å²) < 4.78 is 30.1. The zero-order chi connectivity index (χ0) is 16.2. The highest BCUT2D eigenvalue weighted by Gasteiger charge is 2.17. The van der Waals surface area contributed by atoms with Crippen LogP contribution in [-0.2, 0) is 21.4 Å². The molecule has 0 radical (unpaired) electrons. The van der Waals surface area contributed by atoms with Crippen molar-refractivity contribution in [3.05, 3.63) is 59.9 Å². The number of esters is 1. The molecule has 0 saturated carbocycles. The second kappa shape index (κ2) is 6.67. The van der Waals surface area contributed by atoms with Gasteiger partial charge in [0.05, 0.1) is 10.5 Å². The standard InChI is InChI=1S/C15H16N2O4S/c1-17(2)22(19,20)14-7-5-13(6-8-14)15(18)21-11-12-4-3-9-16-10-12/h3-10H,11H2,1-2H3. The fourth-order valence-corrected chi connectivity index (χ4v) is 2.59. The molecule has 0 amide bonds. The van der Waals surface area contributed by atoms with Crippen molar-refractivity contribution in [3.63, 3.8) is 0 Å². The molecular formula is C15H16N2O4S. The monoisotopic (exact) mass is 320 g/mol. The fourth-order valence-electron chi connectivity index (χ4n) is 1.69. The van der Waals surface area contributed by atoms with Gasteiger partial charge in [-0.05, 0) is 30.3 Å². The molecule has 1 aromatic heterocycles. The second-order valence-corrected chi connectivity index (χ2v) is 6.90. The van der Waals surface area contributed by atoms with Crippen LogP contribution in [0.4, 0.5) is 0 Å². The maximum absolute atomic E-state index is 11.9. The van der Waals surface area contributed by atoms with Crippen LogP contribution in [-0.4, -0.2) is 37.8 Å². The Hall–Kier alpha value is -2.25. The number of ether oxygens (including phenoxy) is 1. The van der Waals surface area contributed by atoms with Gasteiger partial charge in [-0.1, -0.05) is 6.07 Å². The van der Waals surface area contributed by atoms with Gasteiger partial charge in [0.15, 0.2) is 0 Å². The van der Waals surface area contributed by atoms with E-state index in [2.05, 4.69) is 4.98 Å². The summed E-state index contributed by atoms with van der Waals surface area (Å²) in [6, 6.07) is 9.19. The number of sulfonamides is 1. The molecule has 1 heterocycles. The van der Waals surface area contributed by atoms with Gasteiger partial charge in [0.2, 0.25) is 10.0 Å². The van der Waals surface area contributed by atoms with Crippen LogP contribution in [0.15, 0.2) is 53.7 Å². The molecule has 0 aliphatic rings. The molecule has 0 fully saturated rings. The maximum Gasteiger partial charge on any atom is 0.338 e. The van der Waals surface area contributed by atoms with E-state index in [1.165, 1.54) is 38.4 Å². The summed E-state index contributed by atoms with van der Waals surface area (Å²) >= 11 is 0. The molecule has 1 aromatic carbocycles. The molecule has 7 heteroatoms. The van der Waals surface area contributed by atoms with Crippen molar-refractivity contribution in [3.8, 4) is 0 Å². The predicted octanol–water partition coefficient (Wildman–Crippen LogP) is 1.69. The molecule has 0 spiro atoms. The van der Waals surface area contributed by atoms with Gasteiger partial charge in [-0.25, -0.2) is 17.5 Å². The van der Waals surface area contributed by atoms with Crippen LogP contribution >= 0.6 is 0 Å². The lowest BCUT2D eigenvalue weighted by Crippen LogP contribution is -2.22. The third-order valence-corrected chi connectivity index (χ3v) is 4.79. The molecule has 6 nitrogen and oxygen atoms in total. The number of aromatic nitrogens is 1. The van der Waals surface area contributed by atoms with Gasteiger partial charge < -0.3 is 4.74 Å². The van der Waals surface area contributed by atoms with Crippen molar-refractivity contribution < 1.29 is 17.9 Å². The van der Waals surface area contributed by atoms with Gasteiger partial charge in [-0.3, -0.25) is 4.98 Å². The van der Waals surface area contributed by atoms with Gasteiger partial charge in [0, 0.05) is 32.1 Å². The fraction of sp³-hybridized carbons (Fsp3) is 0.200. The Morgan fingerprint density at radius 1 is 1.18 bits per heavy atom. The molecule has 0 saturated heterocycles. The lowest BCUT2D eigenvalue weighted by molar-refractivity contribution is 0.0472. The van der Waals surface area contributed by atoms with E-state index < -0.39 is 16.0 Å². The highest BCUT2D eigenvalue weighted by atomic mass is 32.2. The van der Waals surface area contributed by atoms with E-state index in [4.69, 9.17) is 4.74 Å². The predicted molar refractivity (Wildman–Crippen MR) is 80.7 cm³/mol. The van der Waals surface area contributed by atoms with Crippen LogP contribution in [0.1, 0.15) is 15.9 Å². The minimum atomic E-state index is -3.50. The summed E-state index contributed by atoms with van der Waals surface area (Å²) in [5.74, 6) is -0.516. The molecule has 116 valence electrons. The molecule has 0 atom stereocenters. The van der Waals surface area contributed by atoms with E-state index in [0.717, 1.165) is 9.87 Å². The first-order valence-corrected chi connectivity index (χ1v) is 7.94. The first kappa shape index (κ1) is 16.1. The third kappa shape index (κ3) is 3.69. The molecule has 0 N–H and O–H groups in total. The van der Waals surface area contributed by atoms with Crippen LogP contribution in [0.2, 0.25) is 0 Å². The summed E-state index contributed by atoms with van der Waals surface area (Å²) in [6.07, 6.45) is 3.25. The molecule has 2 aromatic rings. The number of carbonyl (C=O) groups is 1. The molecule has 0 unspecified atom stereocenters. The summed E-state index contributed by atoms with van der Waals surface area (Å²) in [5, 5.41) is 0. The van der Waals surface area contributed by atoms with Crippen LogP contribution < -0.4 is 0 Å². The number of hydrogen-bond donors (Lipinski definition) is 0. The molecular weight excluding hydrogens is 304 g/mol. The van der Waals surface area contributed by atoms with Crippen LogP contribution in [0.25, 0.3) is 0 Å². The molecule has 0 aliphatic heterocycles. The smallest absolute Gasteiger partial charge is 0.338 e. The molecule has 2 rings (SSSR count). The Labute approximate surface area is 129 Å². The highest BCUT2D eigenvalue weighted by Crippen LogP contribution is 2.15. The Morgan fingerprint density at radius 2 is 1.86 bits per heavy atom. The minimum absolute atomic E-state index is 0.115. The molecule has 0 bridgehead atoms. The van der Waals surface area contributed by atoms with E-state index in [1.807, 2.05) is 0 Å². The SMILES string of the molecule is CN(C)S(=O)(=O)c1ccc(C(=O)OCc2cccnc2)cc1. The van der Waals surface area contributed by atoms with Gasteiger partial charge in [0.25, 0.3) is 0 Å². The summed E-state index contributed by atoms with van der Waals surface area (Å²) in [4.78, 5) is 16.0. The normalized spacial score (nSPS) is 11.4. The van der Waals surface area contributed by atoms with Crippen LogP contribution in [0, 0.1) is 0 Å². The van der Waals surface area contributed by atoms with Gasteiger partial charge in [0.1, 0.15) is 6.61 Å². The van der Waals surface area contributed by atoms with Crippen molar-refractivity contribution in [2.45, 2.75) is 11.5 Å². The van der Waals surface area contributed by atoms with E-state index in [1.54, 1.807) is 24.5 Å².